The molecule has 0 atom stereocenters. The summed E-state index contributed by atoms with van der Waals surface area (Å²) in [7, 11) is 1.95. The van der Waals surface area contributed by atoms with Gasteiger partial charge in [0, 0.05) is 18.0 Å². The Hall–Kier alpha value is -1.78. The van der Waals surface area contributed by atoms with Crippen LogP contribution in [0, 0.1) is 0 Å². The molecule has 5 nitrogen and oxygen atoms in total. The van der Waals surface area contributed by atoms with Crippen LogP contribution >= 0.6 is 0 Å². The van der Waals surface area contributed by atoms with E-state index in [1.54, 1.807) is 12.5 Å². The fourth-order valence-corrected chi connectivity index (χ4v) is 2.39. The van der Waals surface area contributed by atoms with E-state index in [1.807, 2.05) is 11.6 Å². The van der Waals surface area contributed by atoms with Crippen LogP contribution in [0.4, 0.5) is 5.82 Å². The second-order valence-corrected chi connectivity index (χ2v) is 7.32. The molecular weight excluding hydrogens is 250 g/mol. The highest BCUT2D eigenvalue weighted by atomic mass is 15.2. The summed E-state index contributed by atoms with van der Waals surface area (Å²) in [6, 6.07) is 0. The summed E-state index contributed by atoms with van der Waals surface area (Å²) in [5, 5.41) is 0. The third kappa shape index (κ3) is 2.32. The predicted octanol–water partition coefficient (Wildman–Crippen LogP) is 2.92. The van der Waals surface area contributed by atoms with Crippen LogP contribution in [0.5, 0.6) is 0 Å². The number of aryl methyl sites for hydroxylation is 1. The number of nitrogen functional groups attached to an aromatic ring is 1. The Labute approximate surface area is 120 Å². The zero-order valence-corrected chi connectivity index (χ0v) is 13.5. The average Bonchev–Trinajstić information content (AvgIpc) is 2.79. The van der Waals surface area contributed by atoms with Gasteiger partial charge in [0.15, 0.2) is 0 Å². The van der Waals surface area contributed by atoms with E-state index in [0.717, 1.165) is 17.2 Å². The third-order valence-electron chi connectivity index (χ3n) is 3.31. The van der Waals surface area contributed by atoms with Gasteiger partial charge in [-0.05, 0) is 20.8 Å². The van der Waals surface area contributed by atoms with Gasteiger partial charge in [-0.1, -0.05) is 20.8 Å². The molecule has 2 heterocycles. The van der Waals surface area contributed by atoms with Gasteiger partial charge in [0.25, 0.3) is 0 Å². The minimum absolute atomic E-state index is 0.0712. The molecule has 0 amide bonds. The molecule has 2 rings (SSSR count). The number of hydrogen-bond acceptors (Lipinski definition) is 3. The zero-order chi connectivity index (χ0) is 15.3. The molecular formula is C15H25N5. The summed E-state index contributed by atoms with van der Waals surface area (Å²) in [6.07, 6.45) is 3.57. The van der Waals surface area contributed by atoms with E-state index in [2.05, 4.69) is 51.1 Å². The average molecular weight is 275 g/mol. The van der Waals surface area contributed by atoms with E-state index < -0.39 is 0 Å². The molecule has 0 aromatic carbocycles. The second-order valence-electron chi connectivity index (χ2n) is 7.32. The van der Waals surface area contributed by atoms with Crippen LogP contribution in [-0.4, -0.2) is 19.1 Å². The molecule has 2 N–H and O–H groups in total. The van der Waals surface area contributed by atoms with Crippen molar-refractivity contribution in [3.05, 3.63) is 18.3 Å². The molecule has 0 aliphatic rings. The lowest BCUT2D eigenvalue weighted by Crippen LogP contribution is -2.30. The monoisotopic (exact) mass is 275 g/mol. The minimum Gasteiger partial charge on any atom is -0.383 e. The molecule has 0 saturated heterocycles. The molecule has 110 valence electrons. The van der Waals surface area contributed by atoms with E-state index in [9.17, 15) is 0 Å². The van der Waals surface area contributed by atoms with Crippen LogP contribution in [0.15, 0.2) is 12.5 Å². The highest BCUT2D eigenvalue weighted by molar-refractivity contribution is 5.68. The lowest BCUT2D eigenvalue weighted by Gasteiger charge is -2.29. The summed E-state index contributed by atoms with van der Waals surface area (Å²) in [5.74, 6) is 1.70. The van der Waals surface area contributed by atoms with E-state index in [4.69, 9.17) is 10.7 Å². The SMILES string of the molecule is Cn1cncc1-c1nc(C(C)(C)C)n(C(C)(C)C)c1N. The number of hydrogen-bond donors (Lipinski definition) is 1. The fraction of sp³-hybridized carbons (Fsp3) is 0.600. The largest absolute Gasteiger partial charge is 0.383 e. The van der Waals surface area contributed by atoms with Crippen LogP contribution < -0.4 is 5.73 Å². The van der Waals surface area contributed by atoms with Crippen molar-refractivity contribution >= 4 is 5.82 Å². The van der Waals surface area contributed by atoms with E-state index >= 15 is 0 Å². The Kier molecular flexibility index (Phi) is 3.19. The number of nitrogens with two attached hydrogens (primary N) is 1. The van der Waals surface area contributed by atoms with Crippen LogP contribution in [0.1, 0.15) is 47.4 Å². The lowest BCUT2D eigenvalue weighted by atomic mass is 9.94. The van der Waals surface area contributed by atoms with E-state index in [1.165, 1.54) is 0 Å². The number of anilines is 1. The quantitative estimate of drug-likeness (QED) is 0.870. The Bertz CT molecular complexity index is 620. The predicted molar refractivity (Wildman–Crippen MR) is 82.5 cm³/mol. The number of imidazole rings is 2. The number of nitrogens with zero attached hydrogens (tertiary/aromatic N) is 4. The maximum absolute atomic E-state index is 6.41. The molecule has 0 radical (unpaired) electrons. The van der Waals surface area contributed by atoms with Gasteiger partial charge in [0.1, 0.15) is 17.3 Å². The van der Waals surface area contributed by atoms with Crippen LogP contribution in [0.25, 0.3) is 11.4 Å². The molecule has 0 bridgehead atoms. The van der Waals surface area contributed by atoms with Crippen LogP contribution in [0.2, 0.25) is 0 Å². The molecule has 2 aromatic rings. The van der Waals surface area contributed by atoms with Crippen LogP contribution in [-0.2, 0) is 18.0 Å². The van der Waals surface area contributed by atoms with Crippen LogP contribution in [0.3, 0.4) is 0 Å². The van der Waals surface area contributed by atoms with Gasteiger partial charge in [0.2, 0.25) is 0 Å². The Morgan fingerprint density at radius 1 is 1.10 bits per heavy atom. The van der Waals surface area contributed by atoms with Gasteiger partial charge < -0.3 is 14.9 Å². The van der Waals surface area contributed by atoms with Gasteiger partial charge >= 0.3 is 0 Å². The van der Waals surface area contributed by atoms with Gasteiger partial charge in [-0.25, -0.2) is 9.97 Å². The van der Waals surface area contributed by atoms with Gasteiger partial charge in [0.05, 0.1) is 18.2 Å². The van der Waals surface area contributed by atoms with Crippen molar-refractivity contribution < 1.29 is 0 Å². The Morgan fingerprint density at radius 3 is 2.05 bits per heavy atom. The molecule has 0 aliphatic heterocycles. The first-order chi connectivity index (χ1) is 9.03. The summed E-state index contributed by atoms with van der Waals surface area (Å²) in [5.41, 5.74) is 7.97. The van der Waals surface area contributed by atoms with Gasteiger partial charge in [-0.15, -0.1) is 0 Å². The summed E-state index contributed by atoms with van der Waals surface area (Å²) >= 11 is 0. The molecule has 0 unspecified atom stereocenters. The molecule has 0 saturated carbocycles. The first-order valence-corrected chi connectivity index (χ1v) is 6.89. The molecule has 20 heavy (non-hydrogen) atoms. The fourth-order valence-electron chi connectivity index (χ4n) is 2.39. The highest BCUT2D eigenvalue weighted by Gasteiger charge is 2.31. The third-order valence-corrected chi connectivity index (χ3v) is 3.31. The topological polar surface area (TPSA) is 61.7 Å². The summed E-state index contributed by atoms with van der Waals surface area (Å²) in [4.78, 5) is 8.99. The first-order valence-electron chi connectivity index (χ1n) is 6.89. The Balaban J connectivity index is 2.75. The molecule has 0 spiro atoms. The maximum Gasteiger partial charge on any atom is 0.133 e. The van der Waals surface area contributed by atoms with Gasteiger partial charge in [-0.3, -0.25) is 0 Å². The van der Waals surface area contributed by atoms with Crippen molar-refractivity contribution in [1.29, 1.82) is 0 Å². The van der Waals surface area contributed by atoms with Crippen molar-refractivity contribution in [3.8, 4) is 11.4 Å². The smallest absolute Gasteiger partial charge is 0.133 e. The lowest BCUT2D eigenvalue weighted by molar-refractivity contribution is 0.359. The Morgan fingerprint density at radius 2 is 1.70 bits per heavy atom. The minimum atomic E-state index is -0.115. The van der Waals surface area contributed by atoms with E-state index in [-0.39, 0.29) is 11.0 Å². The first kappa shape index (κ1) is 14.6. The number of aromatic nitrogens is 4. The van der Waals surface area contributed by atoms with Gasteiger partial charge in [-0.2, -0.15) is 0 Å². The standard InChI is InChI=1S/C15H25N5/c1-14(2,3)13-18-11(10-8-17-9-19(10)7)12(16)20(13)15(4,5)6/h8-9H,16H2,1-7H3. The molecule has 2 aromatic heterocycles. The number of rotatable bonds is 1. The van der Waals surface area contributed by atoms with Crippen molar-refractivity contribution in [1.82, 2.24) is 19.1 Å². The van der Waals surface area contributed by atoms with Crippen molar-refractivity contribution in [3.63, 3.8) is 0 Å². The maximum atomic E-state index is 6.41. The normalized spacial score (nSPS) is 12.9. The molecule has 5 heteroatoms. The van der Waals surface area contributed by atoms with Crippen molar-refractivity contribution in [2.75, 3.05) is 5.73 Å². The summed E-state index contributed by atoms with van der Waals surface area (Å²) in [6.45, 7) is 12.9. The molecule has 0 fully saturated rings. The van der Waals surface area contributed by atoms with Crippen molar-refractivity contribution in [2.45, 2.75) is 52.5 Å². The summed E-state index contributed by atoms with van der Waals surface area (Å²) < 4.78 is 4.08. The van der Waals surface area contributed by atoms with Crippen molar-refractivity contribution in [2.24, 2.45) is 7.05 Å². The zero-order valence-electron chi connectivity index (χ0n) is 13.5. The molecule has 0 aliphatic carbocycles. The van der Waals surface area contributed by atoms with E-state index in [0.29, 0.717) is 5.82 Å². The highest BCUT2D eigenvalue weighted by Crippen LogP contribution is 2.35. The second kappa shape index (κ2) is 4.36.